The molecule has 0 spiro atoms. The van der Waals surface area contributed by atoms with Crippen LogP contribution < -0.4 is 35.9 Å². The van der Waals surface area contributed by atoms with Crippen molar-refractivity contribution in [1.82, 2.24) is 30.2 Å². The van der Waals surface area contributed by atoms with E-state index in [4.69, 9.17) is 10.5 Å². The quantitative estimate of drug-likeness (QED) is 0.0440. The number of ketones is 1. The van der Waals surface area contributed by atoms with Crippen LogP contribution in [0.2, 0.25) is 0 Å². The maximum absolute atomic E-state index is 13.1. The maximum Gasteiger partial charge on any atom is 0.274 e. The minimum atomic E-state index is -5.93. The van der Waals surface area contributed by atoms with Gasteiger partial charge in [0.15, 0.2) is 17.7 Å². The minimum absolute atomic E-state index is 0.0188. The Morgan fingerprint density at radius 2 is 1.54 bits per heavy atom. The number of anilines is 1. The third-order valence-electron chi connectivity index (χ3n) is 13.1. The predicted molar refractivity (Wildman–Crippen MR) is 246 cm³/mol. The second-order valence-corrected chi connectivity index (χ2v) is 23.4. The number of carbonyl (C=O) groups is 3. The van der Waals surface area contributed by atoms with Crippen molar-refractivity contribution in [3.05, 3.63) is 48.0 Å². The molecule has 396 valence electrons. The molecular weight excluding hydrogens is 991 g/mol. The summed E-state index contributed by atoms with van der Waals surface area (Å²) in [6.45, 7) is 0.0631. The fourth-order valence-corrected chi connectivity index (χ4v) is 11.2. The molecule has 0 radical (unpaired) electrons. The van der Waals surface area contributed by atoms with Gasteiger partial charge in [0.25, 0.3) is 15.6 Å². The number of Topliss-reactive ketones (excluding diaryl/α,β-unsaturated/α-hetero) is 1. The van der Waals surface area contributed by atoms with E-state index in [1.807, 2.05) is 0 Å². The molecule has 1 saturated heterocycles. The molecule has 7 atom stereocenters. The highest BCUT2D eigenvalue weighted by Crippen LogP contribution is 2.57. The van der Waals surface area contributed by atoms with E-state index in [1.54, 1.807) is 0 Å². The number of aryl methyl sites for hydroxylation is 2. The summed E-state index contributed by atoms with van der Waals surface area (Å²) in [6.07, 6.45) is 8.55. The Labute approximate surface area is 411 Å². The smallest absolute Gasteiger partial charge is 0.274 e. The number of carbonyl (C=O) groups excluding carboxylic acids is 3. The second-order valence-electron chi connectivity index (χ2n) is 19.4. The zero-order valence-electron chi connectivity index (χ0n) is 39.8. The van der Waals surface area contributed by atoms with Crippen LogP contribution >= 0.6 is 23.5 Å². The van der Waals surface area contributed by atoms with E-state index in [0.717, 1.165) is 68.1 Å². The molecule has 2 saturated carbocycles. The first-order chi connectivity index (χ1) is 33.5. The number of nitrogens with zero attached hydrogens (tertiary/aromatic N) is 4. The Morgan fingerprint density at radius 1 is 0.901 bits per heavy atom. The molecule has 3 aliphatic rings. The van der Waals surface area contributed by atoms with Crippen LogP contribution in [0.15, 0.2) is 36.9 Å². The summed E-state index contributed by atoms with van der Waals surface area (Å²) in [5.74, 6) is -0.406. The Hall–Kier alpha value is -3.57. The summed E-state index contributed by atoms with van der Waals surface area (Å²) in [5, 5.41) is 26.6. The van der Waals surface area contributed by atoms with E-state index < -0.39 is 84.6 Å². The predicted octanol–water partition coefficient (Wildman–Crippen LogP) is 1.93. The van der Waals surface area contributed by atoms with E-state index in [9.17, 15) is 57.9 Å². The van der Waals surface area contributed by atoms with Gasteiger partial charge in [0.1, 0.15) is 42.0 Å². The number of hydrogen-bond acceptors (Lipinski definition) is 21. The number of benzene rings is 1. The van der Waals surface area contributed by atoms with Crippen LogP contribution in [0.1, 0.15) is 121 Å². The Kier molecular flexibility index (Phi) is 19.7. The van der Waals surface area contributed by atoms with Crippen LogP contribution in [0.3, 0.4) is 0 Å². The SMILES string of the molecule is CC(C)(COP(=O)([O-])OP(=O)([O-])OCC1OC(n2cnc3c(N)ncnc32)C(O)C1OP(=O)([O-])[O-])C(O)C(=O)NCCC(=O)NCCC(=O)C1(CCCCc2ccc(CCCCCCC3CC3)cc2)CC1. The van der Waals surface area contributed by atoms with Crippen LogP contribution in [0, 0.1) is 16.7 Å². The summed E-state index contributed by atoms with van der Waals surface area (Å²) in [4.78, 5) is 98.2. The van der Waals surface area contributed by atoms with E-state index in [2.05, 4.69) is 67.7 Å². The highest BCUT2D eigenvalue weighted by Gasteiger charge is 2.49. The lowest BCUT2D eigenvalue weighted by molar-refractivity contribution is -0.347. The molecule has 3 aromatic rings. The van der Waals surface area contributed by atoms with E-state index in [0.29, 0.717) is 0 Å². The molecule has 0 bridgehead atoms. The number of aliphatic hydroxyl groups excluding tert-OH is 2. The lowest BCUT2D eigenvalue weighted by Crippen LogP contribution is -2.46. The molecule has 71 heavy (non-hydrogen) atoms. The largest absolute Gasteiger partial charge is 0.790 e. The summed E-state index contributed by atoms with van der Waals surface area (Å²) >= 11 is 0. The summed E-state index contributed by atoms with van der Waals surface area (Å²) in [5.41, 5.74) is 6.44. The highest BCUT2D eigenvalue weighted by molar-refractivity contribution is 7.59. The van der Waals surface area contributed by atoms with E-state index in [-0.39, 0.29) is 54.1 Å². The van der Waals surface area contributed by atoms with E-state index in [1.165, 1.54) is 69.9 Å². The third kappa shape index (κ3) is 17.3. The number of unbranched alkanes of at least 4 members (excludes halogenated alkanes) is 4. The molecule has 1 aromatic carbocycles. The number of phosphoric acid groups is 3. The fraction of sp³-hybridized carbons (Fsp3) is 0.682. The monoisotopic (exact) mass is 1060 g/mol. The van der Waals surface area contributed by atoms with Crippen molar-refractivity contribution < 1.29 is 80.5 Å². The normalized spacial score (nSPS) is 22.1. The molecule has 2 aromatic heterocycles. The van der Waals surface area contributed by atoms with Crippen molar-refractivity contribution in [3.63, 3.8) is 0 Å². The fourth-order valence-electron chi connectivity index (χ4n) is 8.50. The molecule has 3 heterocycles. The number of nitrogens with two attached hydrogens (primary N) is 1. The average molecular weight is 1060 g/mol. The van der Waals surface area contributed by atoms with Gasteiger partial charge in [0.05, 0.1) is 27.4 Å². The van der Waals surface area contributed by atoms with Crippen LogP contribution in [0.4, 0.5) is 5.82 Å². The molecule has 7 unspecified atom stereocenters. The van der Waals surface area contributed by atoms with Crippen LogP contribution in [-0.4, -0.2) is 98.0 Å². The van der Waals surface area contributed by atoms with Gasteiger partial charge in [-0.1, -0.05) is 83.1 Å². The van der Waals surface area contributed by atoms with Gasteiger partial charge in [0, 0.05) is 36.8 Å². The number of amides is 2. The Morgan fingerprint density at radius 3 is 2.18 bits per heavy atom. The van der Waals surface area contributed by atoms with Gasteiger partial charge in [0.2, 0.25) is 11.8 Å². The standard InChI is InChI=1S/C44H68N7O17P3/c1-43(2,26-65-71(62,63)68-70(60,61)64-25-32-37(67-69(57,58)59)36(54)42(66-32)51-28-50-35-39(45)48-27-49-40(35)51)38(55)41(56)47-24-19-34(53)46-23-18-33(52)44(21-22-44)20-8-7-11-31-16-14-30(15-17-31)10-6-4-3-5-9-29-12-13-29/h14-17,27-29,32,36-38,42,54-55H,3-13,18-26H2,1-2H3,(H,46,53)(H,47,56)(H,60,61)(H,62,63)(H2,45,48,49)(H2,57,58,59)/p-4. The number of aliphatic hydroxyl groups is 2. The van der Waals surface area contributed by atoms with Crippen molar-refractivity contribution in [2.45, 2.75) is 147 Å². The summed E-state index contributed by atoms with van der Waals surface area (Å²) in [7, 11) is -17.6. The lowest BCUT2D eigenvalue weighted by atomic mass is 9.87. The molecule has 3 fully saturated rings. The molecule has 24 nitrogen and oxygen atoms in total. The molecule has 2 amide bonds. The van der Waals surface area contributed by atoms with E-state index >= 15 is 0 Å². The van der Waals surface area contributed by atoms with Crippen LogP contribution in [0.5, 0.6) is 0 Å². The number of nitrogens with one attached hydrogen (secondary N) is 2. The molecule has 6 N–H and O–H groups in total. The zero-order chi connectivity index (χ0) is 51.6. The summed E-state index contributed by atoms with van der Waals surface area (Å²) < 4.78 is 61.0. The number of aromatic nitrogens is 4. The van der Waals surface area contributed by atoms with Crippen molar-refractivity contribution in [2.24, 2.45) is 16.7 Å². The number of phosphoric ester groups is 3. The minimum Gasteiger partial charge on any atom is -0.790 e. The first-order valence-corrected chi connectivity index (χ1v) is 28.3. The van der Waals surface area contributed by atoms with Gasteiger partial charge < -0.3 is 69.0 Å². The van der Waals surface area contributed by atoms with Crippen molar-refractivity contribution in [1.29, 1.82) is 0 Å². The number of nitrogen functional groups attached to an aromatic ring is 1. The summed E-state index contributed by atoms with van der Waals surface area (Å²) in [6, 6.07) is 8.90. The van der Waals surface area contributed by atoms with Gasteiger partial charge in [-0.3, -0.25) is 28.1 Å². The molecule has 6 rings (SSSR count). The number of hydrogen-bond donors (Lipinski definition) is 5. The lowest BCUT2D eigenvalue weighted by Gasteiger charge is -2.36. The number of ether oxygens (including phenoxy) is 1. The van der Waals surface area contributed by atoms with Crippen molar-refractivity contribution in [2.75, 3.05) is 32.0 Å². The maximum atomic E-state index is 13.1. The van der Waals surface area contributed by atoms with Crippen LogP contribution in [-0.2, 0) is 63.5 Å². The number of fused-ring (bicyclic) bond motifs is 1. The molecule has 2 aliphatic carbocycles. The highest BCUT2D eigenvalue weighted by atomic mass is 31.3. The second kappa shape index (κ2) is 24.6. The Balaban J connectivity index is 0.844. The molecule has 27 heteroatoms. The van der Waals surface area contributed by atoms with Crippen molar-refractivity contribution in [3.8, 4) is 0 Å². The number of rotatable bonds is 32. The molecular formula is C44H64N7O17P3-4. The third-order valence-corrected chi connectivity index (χ3v) is 16.1. The van der Waals surface area contributed by atoms with Gasteiger partial charge in [-0.05, 0) is 62.0 Å². The average Bonchev–Trinajstić information content (AvgIpc) is 4.23. The van der Waals surface area contributed by atoms with Crippen LogP contribution in [0.25, 0.3) is 11.2 Å². The van der Waals surface area contributed by atoms with Gasteiger partial charge >= 0.3 is 0 Å². The number of imidazole rings is 1. The topological polar surface area (TPSA) is 375 Å². The zero-order valence-corrected chi connectivity index (χ0v) is 42.5. The Bertz CT molecular complexity index is 2430. The van der Waals surface area contributed by atoms with Gasteiger partial charge in [-0.2, -0.15) is 0 Å². The first kappa shape index (κ1) is 56.7. The van der Waals surface area contributed by atoms with Gasteiger partial charge in [-0.15, -0.1) is 0 Å². The molecule has 1 aliphatic heterocycles. The van der Waals surface area contributed by atoms with Crippen molar-refractivity contribution >= 4 is 58.0 Å². The first-order valence-electron chi connectivity index (χ1n) is 23.9. The van der Waals surface area contributed by atoms with Gasteiger partial charge in [-0.25, -0.2) is 19.3 Å².